The largest absolute Gasteiger partial charge is 0.549 e. The van der Waals surface area contributed by atoms with Gasteiger partial charge in [0.15, 0.2) is 5.88 Å². The Hall–Kier alpha value is -1.13. The Kier molecular flexibility index (Phi) is 6.69. The molecule has 18 heavy (non-hydrogen) atoms. The van der Waals surface area contributed by atoms with Crippen LogP contribution in [0.15, 0.2) is 12.5 Å². The SMILES string of the molecule is C=C(OB(CCCC)CCCC)N1CCOC1=O. The number of rotatable bonds is 9. The molecule has 0 bridgehead atoms. The van der Waals surface area contributed by atoms with Gasteiger partial charge in [0.1, 0.15) is 6.61 Å². The Morgan fingerprint density at radius 3 is 2.44 bits per heavy atom. The number of unbranched alkanes of at least 4 members (excludes halogenated alkanes) is 2. The van der Waals surface area contributed by atoms with Gasteiger partial charge < -0.3 is 9.39 Å². The molecular formula is C13H24BNO3. The Morgan fingerprint density at radius 1 is 1.39 bits per heavy atom. The predicted molar refractivity (Wildman–Crippen MR) is 73.5 cm³/mol. The molecule has 1 amide bonds. The molecule has 0 radical (unpaired) electrons. The highest BCUT2D eigenvalue weighted by Crippen LogP contribution is 2.18. The van der Waals surface area contributed by atoms with Crippen molar-refractivity contribution in [1.82, 2.24) is 4.90 Å². The summed E-state index contributed by atoms with van der Waals surface area (Å²) in [4.78, 5) is 12.9. The van der Waals surface area contributed by atoms with Crippen LogP contribution in [0, 0.1) is 0 Å². The van der Waals surface area contributed by atoms with E-state index in [4.69, 9.17) is 9.39 Å². The van der Waals surface area contributed by atoms with E-state index in [1.807, 2.05) is 0 Å². The summed E-state index contributed by atoms with van der Waals surface area (Å²) in [5.74, 6) is 0.440. The van der Waals surface area contributed by atoms with Crippen molar-refractivity contribution in [1.29, 1.82) is 0 Å². The highest BCUT2D eigenvalue weighted by molar-refractivity contribution is 6.52. The molecule has 0 aromatic carbocycles. The molecule has 4 nitrogen and oxygen atoms in total. The van der Waals surface area contributed by atoms with Crippen LogP contribution < -0.4 is 0 Å². The third kappa shape index (κ3) is 4.63. The molecule has 1 heterocycles. The molecular weight excluding hydrogens is 229 g/mol. The first-order valence-electron chi connectivity index (χ1n) is 6.98. The molecule has 0 unspecified atom stereocenters. The van der Waals surface area contributed by atoms with E-state index < -0.39 is 0 Å². The second-order valence-corrected chi connectivity index (χ2v) is 4.68. The monoisotopic (exact) mass is 253 g/mol. The third-order valence-electron chi connectivity index (χ3n) is 3.12. The van der Waals surface area contributed by atoms with E-state index in [-0.39, 0.29) is 13.0 Å². The van der Waals surface area contributed by atoms with Crippen molar-refractivity contribution in [2.45, 2.75) is 52.2 Å². The van der Waals surface area contributed by atoms with Gasteiger partial charge in [0.05, 0.1) is 6.54 Å². The molecule has 1 saturated heterocycles. The van der Waals surface area contributed by atoms with E-state index in [0.717, 1.165) is 38.3 Å². The number of hydrogen-bond donors (Lipinski definition) is 0. The van der Waals surface area contributed by atoms with Gasteiger partial charge in [-0.15, -0.1) is 0 Å². The zero-order valence-corrected chi connectivity index (χ0v) is 11.6. The molecule has 0 atom stereocenters. The minimum absolute atomic E-state index is 0.172. The van der Waals surface area contributed by atoms with E-state index in [2.05, 4.69) is 20.4 Å². The first-order chi connectivity index (χ1) is 8.69. The average molecular weight is 253 g/mol. The highest BCUT2D eigenvalue weighted by atomic mass is 16.6. The van der Waals surface area contributed by atoms with Crippen LogP contribution >= 0.6 is 0 Å². The van der Waals surface area contributed by atoms with Gasteiger partial charge in [0.25, 0.3) is 0 Å². The second-order valence-electron chi connectivity index (χ2n) is 4.68. The number of cyclic esters (lactones) is 1. The maximum absolute atomic E-state index is 11.4. The molecule has 0 aliphatic carbocycles. The molecule has 102 valence electrons. The lowest BCUT2D eigenvalue weighted by molar-refractivity contribution is 0.154. The normalized spacial score (nSPS) is 14.6. The van der Waals surface area contributed by atoms with Crippen LogP contribution in [0.4, 0.5) is 4.79 Å². The molecule has 0 N–H and O–H groups in total. The average Bonchev–Trinajstić information content (AvgIpc) is 2.78. The fraction of sp³-hybridized carbons (Fsp3) is 0.769. The summed E-state index contributed by atoms with van der Waals surface area (Å²) < 4.78 is 10.7. The minimum Gasteiger partial charge on any atom is -0.549 e. The molecule has 0 saturated carbocycles. The van der Waals surface area contributed by atoms with Gasteiger partial charge in [0.2, 0.25) is 0 Å². The van der Waals surface area contributed by atoms with Crippen LogP contribution in [-0.4, -0.2) is 31.1 Å². The fourth-order valence-corrected chi connectivity index (χ4v) is 2.00. The Labute approximate surface area is 110 Å². The van der Waals surface area contributed by atoms with E-state index in [1.165, 1.54) is 4.90 Å². The van der Waals surface area contributed by atoms with Crippen molar-refractivity contribution in [2.75, 3.05) is 13.2 Å². The molecule has 0 spiro atoms. The number of carbonyl (C=O) groups is 1. The molecule has 1 fully saturated rings. The standard InChI is InChI=1S/C13H24BNO3/c1-4-6-8-14(9-7-5-2)18-12(3)15-10-11-17-13(15)16/h3-11H2,1-2H3. The quantitative estimate of drug-likeness (QED) is 0.466. The number of ether oxygens (including phenoxy) is 1. The highest BCUT2D eigenvalue weighted by Gasteiger charge is 2.28. The Balaban J connectivity index is 2.42. The van der Waals surface area contributed by atoms with Crippen molar-refractivity contribution >= 4 is 13.0 Å². The molecule has 1 aliphatic heterocycles. The van der Waals surface area contributed by atoms with Gasteiger partial charge in [-0.2, -0.15) is 0 Å². The van der Waals surface area contributed by atoms with Crippen LogP contribution in [-0.2, 0) is 9.39 Å². The molecule has 1 aliphatic rings. The van der Waals surface area contributed by atoms with E-state index in [1.54, 1.807) is 0 Å². The zero-order chi connectivity index (χ0) is 13.4. The van der Waals surface area contributed by atoms with E-state index in [9.17, 15) is 4.79 Å². The topological polar surface area (TPSA) is 38.8 Å². The summed E-state index contributed by atoms with van der Waals surface area (Å²) in [5.41, 5.74) is 0. The molecule has 1 rings (SSSR count). The first kappa shape index (κ1) is 14.9. The Bertz CT molecular complexity index is 275. The minimum atomic E-state index is -0.343. The van der Waals surface area contributed by atoms with Gasteiger partial charge in [0, 0.05) is 0 Å². The summed E-state index contributed by atoms with van der Waals surface area (Å²) in [5, 5.41) is 0. The van der Waals surface area contributed by atoms with Crippen LogP contribution in [0.25, 0.3) is 0 Å². The molecule has 5 heteroatoms. The van der Waals surface area contributed by atoms with Crippen molar-refractivity contribution in [3.63, 3.8) is 0 Å². The fourth-order valence-electron chi connectivity index (χ4n) is 2.00. The smallest absolute Gasteiger partial charge is 0.416 e. The number of carbonyl (C=O) groups excluding carboxylic acids is 1. The summed E-state index contributed by atoms with van der Waals surface area (Å²) >= 11 is 0. The number of amides is 1. The second kappa shape index (κ2) is 8.06. The van der Waals surface area contributed by atoms with Crippen LogP contribution in [0.2, 0.25) is 12.6 Å². The van der Waals surface area contributed by atoms with Gasteiger partial charge in [-0.3, -0.25) is 0 Å². The van der Waals surface area contributed by atoms with Crippen LogP contribution in [0.1, 0.15) is 39.5 Å². The summed E-state index contributed by atoms with van der Waals surface area (Å²) in [7, 11) is 0. The van der Waals surface area contributed by atoms with Gasteiger partial charge in [-0.25, -0.2) is 9.69 Å². The van der Waals surface area contributed by atoms with Gasteiger partial charge in [-0.05, 0) is 19.2 Å². The lowest BCUT2D eigenvalue weighted by Gasteiger charge is -2.22. The molecule has 0 aromatic rings. The van der Waals surface area contributed by atoms with Gasteiger partial charge >= 0.3 is 13.0 Å². The van der Waals surface area contributed by atoms with Crippen molar-refractivity contribution in [2.24, 2.45) is 0 Å². The first-order valence-corrected chi connectivity index (χ1v) is 6.98. The van der Waals surface area contributed by atoms with E-state index in [0.29, 0.717) is 19.0 Å². The van der Waals surface area contributed by atoms with Gasteiger partial charge in [-0.1, -0.05) is 39.5 Å². The predicted octanol–water partition coefficient (Wildman–Crippen LogP) is 3.52. The van der Waals surface area contributed by atoms with Crippen molar-refractivity contribution in [3.05, 3.63) is 12.5 Å². The summed E-state index contributed by atoms with van der Waals surface area (Å²) in [6.07, 6.45) is 6.31. The molecule has 0 aromatic heterocycles. The zero-order valence-electron chi connectivity index (χ0n) is 11.6. The lowest BCUT2D eigenvalue weighted by Crippen LogP contribution is -2.29. The number of hydrogen-bond acceptors (Lipinski definition) is 3. The van der Waals surface area contributed by atoms with Crippen molar-refractivity contribution < 1.29 is 14.2 Å². The van der Waals surface area contributed by atoms with Crippen LogP contribution in [0.3, 0.4) is 0 Å². The van der Waals surface area contributed by atoms with E-state index >= 15 is 0 Å². The summed E-state index contributed by atoms with van der Waals surface area (Å²) in [6.45, 7) is 9.33. The number of nitrogens with zero attached hydrogens (tertiary/aromatic N) is 1. The summed E-state index contributed by atoms with van der Waals surface area (Å²) in [6, 6.07) is 0. The third-order valence-corrected chi connectivity index (χ3v) is 3.12. The lowest BCUT2D eigenvalue weighted by atomic mass is 9.59. The van der Waals surface area contributed by atoms with Crippen LogP contribution in [0.5, 0.6) is 0 Å². The Morgan fingerprint density at radius 2 is 2.00 bits per heavy atom. The maximum Gasteiger partial charge on any atom is 0.416 e. The van der Waals surface area contributed by atoms with Crippen molar-refractivity contribution in [3.8, 4) is 0 Å². The maximum atomic E-state index is 11.4.